The van der Waals surface area contributed by atoms with E-state index in [4.69, 9.17) is 9.47 Å². The second-order valence-corrected chi connectivity index (χ2v) is 13.3. The second kappa shape index (κ2) is 15.5. The largest absolute Gasteiger partial charge is 0.459 e. The number of amides is 2. The van der Waals surface area contributed by atoms with Crippen LogP contribution in [0.1, 0.15) is 72.2 Å². The minimum absolute atomic E-state index is 0.0201. The van der Waals surface area contributed by atoms with Crippen LogP contribution in [0.3, 0.4) is 0 Å². The van der Waals surface area contributed by atoms with Gasteiger partial charge in [0.2, 0.25) is 0 Å². The molecule has 2 atom stereocenters. The summed E-state index contributed by atoms with van der Waals surface area (Å²) >= 11 is 0. The predicted octanol–water partition coefficient (Wildman–Crippen LogP) is 7.51. The van der Waals surface area contributed by atoms with Gasteiger partial charge in [0.1, 0.15) is 17.2 Å². The number of alkyl halides is 2. The second-order valence-electron chi connectivity index (χ2n) is 13.3. The molecule has 1 unspecified atom stereocenters. The van der Waals surface area contributed by atoms with Gasteiger partial charge >= 0.3 is 18.0 Å². The number of alkyl carbamates (subject to hydrolysis) is 1. The van der Waals surface area contributed by atoms with E-state index in [0.29, 0.717) is 11.3 Å². The number of aromatic nitrogens is 1. The molecule has 0 aliphatic heterocycles. The number of carbonyl (C=O) groups excluding carboxylic acids is 3. The van der Waals surface area contributed by atoms with E-state index in [2.05, 4.69) is 5.32 Å². The first-order valence-electron chi connectivity index (χ1n) is 15.4. The molecular formula is C35H43F4N3O5. The Morgan fingerprint density at radius 1 is 0.957 bits per heavy atom. The fourth-order valence-corrected chi connectivity index (χ4v) is 5.27. The zero-order chi connectivity index (χ0) is 35.1. The van der Waals surface area contributed by atoms with E-state index in [0.717, 1.165) is 28.7 Å². The SMILES string of the molecule is CCOC(=O)C(=O)N(CCC(NC(=O)OC(C)(C)C)C(F)F)[C@@H](c1cc(-c2cc(F)ccc2F)cn1Cc1ccccc1)C(C)(C)C. The molecule has 0 saturated carbocycles. The van der Waals surface area contributed by atoms with Crippen LogP contribution in [0.5, 0.6) is 0 Å². The van der Waals surface area contributed by atoms with Crippen molar-refractivity contribution in [1.29, 1.82) is 0 Å². The summed E-state index contributed by atoms with van der Waals surface area (Å²) < 4.78 is 69.6. The van der Waals surface area contributed by atoms with Crippen molar-refractivity contribution in [3.05, 3.63) is 83.7 Å². The molecule has 8 nitrogen and oxygen atoms in total. The normalized spacial score (nSPS) is 13.2. The number of halogens is 4. The van der Waals surface area contributed by atoms with Gasteiger partial charge in [-0.3, -0.25) is 4.79 Å². The summed E-state index contributed by atoms with van der Waals surface area (Å²) in [4.78, 5) is 40.2. The quantitative estimate of drug-likeness (QED) is 0.131. The number of ether oxygens (including phenoxy) is 2. The first-order chi connectivity index (χ1) is 21.9. The van der Waals surface area contributed by atoms with E-state index >= 15 is 4.39 Å². The van der Waals surface area contributed by atoms with Crippen molar-refractivity contribution in [2.24, 2.45) is 5.41 Å². The smallest absolute Gasteiger partial charge is 0.408 e. The Labute approximate surface area is 273 Å². The number of esters is 1. The van der Waals surface area contributed by atoms with Crippen molar-refractivity contribution >= 4 is 18.0 Å². The molecule has 12 heteroatoms. The molecule has 1 N–H and O–H groups in total. The molecule has 0 fully saturated rings. The first kappa shape index (κ1) is 37.1. The van der Waals surface area contributed by atoms with Crippen LogP contribution in [0.25, 0.3) is 11.1 Å². The molecule has 3 rings (SSSR count). The highest BCUT2D eigenvalue weighted by Crippen LogP contribution is 2.41. The molecule has 2 aromatic carbocycles. The molecule has 0 aliphatic rings. The highest BCUT2D eigenvalue weighted by molar-refractivity contribution is 6.32. The van der Waals surface area contributed by atoms with Gasteiger partial charge in [-0.25, -0.2) is 27.2 Å². The third-order valence-electron chi connectivity index (χ3n) is 7.18. The number of hydrogen-bond acceptors (Lipinski definition) is 5. The van der Waals surface area contributed by atoms with E-state index in [1.807, 2.05) is 30.3 Å². The summed E-state index contributed by atoms with van der Waals surface area (Å²) in [5, 5.41) is 2.17. The number of hydrogen-bond donors (Lipinski definition) is 1. The Morgan fingerprint density at radius 3 is 2.19 bits per heavy atom. The van der Waals surface area contributed by atoms with Crippen molar-refractivity contribution in [3.63, 3.8) is 0 Å². The molecule has 256 valence electrons. The molecule has 0 aliphatic carbocycles. The fourth-order valence-electron chi connectivity index (χ4n) is 5.27. The maximum absolute atomic E-state index is 15.0. The third kappa shape index (κ3) is 10.3. The number of benzene rings is 2. The lowest BCUT2D eigenvalue weighted by Crippen LogP contribution is -2.49. The summed E-state index contributed by atoms with van der Waals surface area (Å²) in [6.07, 6.45) is -2.91. The third-order valence-corrected chi connectivity index (χ3v) is 7.18. The van der Waals surface area contributed by atoms with Crippen LogP contribution in [0, 0.1) is 17.0 Å². The number of nitrogens with zero attached hydrogens (tertiary/aromatic N) is 2. The van der Waals surface area contributed by atoms with Crippen LogP contribution >= 0.6 is 0 Å². The van der Waals surface area contributed by atoms with Gasteiger partial charge in [-0.05, 0) is 69.4 Å². The monoisotopic (exact) mass is 661 g/mol. The van der Waals surface area contributed by atoms with Crippen LogP contribution < -0.4 is 5.32 Å². The average Bonchev–Trinajstić information content (AvgIpc) is 3.36. The Bertz CT molecular complexity index is 1530. The Balaban J connectivity index is 2.16. The lowest BCUT2D eigenvalue weighted by Gasteiger charge is -2.41. The van der Waals surface area contributed by atoms with Gasteiger partial charge in [0.05, 0.1) is 18.7 Å². The Morgan fingerprint density at radius 2 is 1.62 bits per heavy atom. The van der Waals surface area contributed by atoms with Crippen LogP contribution in [0.4, 0.5) is 22.4 Å². The number of rotatable bonds is 11. The summed E-state index contributed by atoms with van der Waals surface area (Å²) in [5.41, 5.74) is -0.206. The molecule has 2 amide bonds. The Hall–Kier alpha value is -4.35. The van der Waals surface area contributed by atoms with Crippen molar-refractivity contribution in [1.82, 2.24) is 14.8 Å². The van der Waals surface area contributed by atoms with E-state index in [1.165, 1.54) is 6.92 Å². The van der Waals surface area contributed by atoms with Crippen LogP contribution in [-0.2, 0) is 25.6 Å². The number of nitrogens with one attached hydrogen (secondary N) is 1. The van der Waals surface area contributed by atoms with Crippen molar-refractivity contribution in [2.75, 3.05) is 13.2 Å². The van der Waals surface area contributed by atoms with Gasteiger partial charge < -0.3 is 24.3 Å². The highest BCUT2D eigenvalue weighted by atomic mass is 19.3. The van der Waals surface area contributed by atoms with Gasteiger partial charge in [0, 0.05) is 36.1 Å². The molecule has 3 aromatic rings. The number of carbonyl (C=O) groups is 3. The molecule has 0 bridgehead atoms. The molecule has 1 aromatic heterocycles. The van der Waals surface area contributed by atoms with Crippen LogP contribution in [-0.4, -0.2) is 58.7 Å². The zero-order valence-electron chi connectivity index (χ0n) is 27.8. The minimum Gasteiger partial charge on any atom is -0.459 e. The van der Waals surface area contributed by atoms with Gasteiger partial charge in [-0.2, -0.15) is 0 Å². The topological polar surface area (TPSA) is 89.9 Å². The van der Waals surface area contributed by atoms with Crippen molar-refractivity contribution in [2.45, 2.75) is 85.5 Å². The summed E-state index contributed by atoms with van der Waals surface area (Å²) in [6, 6.07) is 11.3. The molecule has 0 radical (unpaired) electrons. The average molecular weight is 662 g/mol. The summed E-state index contributed by atoms with van der Waals surface area (Å²) in [5.74, 6) is -3.59. The molecule has 1 heterocycles. The van der Waals surface area contributed by atoms with Crippen molar-refractivity contribution < 1.29 is 41.4 Å². The van der Waals surface area contributed by atoms with E-state index in [-0.39, 0.29) is 18.7 Å². The molecule has 0 saturated heterocycles. The molecule has 47 heavy (non-hydrogen) atoms. The van der Waals surface area contributed by atoms with Crippen LogP contribution in [0.2, 0.25) is 0 Å². The Kier molecular flexibility index (Phi) is 12.2. The highest BCUT2D eigenvalue weighted by Gasteiger charge is 2.40. The van der Waals surface area contributed by atoms with Gasteiger partial charge in [0.15, 0.2) is 0 Å². The van der Waals surface area contributed by atoms with Crippen LogP contribution in [0.15, 0.2) is 60.8 Å². The van der Waals surface area contributed by atoms with E-state index in [9.17, 15) is 27.6 Å². The van der Waals surface area contributed by atoms with Gasteiger partial charge in [-0.15, -0.1) is 0 Å². The van der Waals surface area contributed by atoms with Gasteiger partial charge in [0.25, 0.3) is 6.43 Å². The lowest BCUT2D eigenvalue weighted by molar-refractivity contribution is -0.162. The minimum atomic E-state index is -3.03. The fraction of sp³-hybridized carbons (Fsp3) is 0.457. The van der Waals surface area contributed by atoms with E-state index < -0.39 is 72.1 Å². The maximum atomic E-state index is 15.0. The van der Waals surface area contributed by atoms with Crippen molar-refractivity contribution in [3.8, 4) is 11.1 Å². The van der Waals surface area contributed by atoms with E-state index in [1.54, 1.807) is 58.4 Å². The zero-order valence-corrected chi connectivity index (χ0v) is 27.8. The predicted molar refractivity (Wildman–Crippen MR) is 170 cm³/mol. The van der Waals surface area contributed by atoms with Gasteiger partial charge in [-0.1, -0.05) is 51.1 Å². The molecule has 0 spiro atoms. The standard InChI is InChI=1S/C35H43F4N3O5/c1-8-46-32(44)31(43)42(17-16-27(30(38)39)40-33(45)47-35(5,6)7)29(34(2,3)4)28-18-23(25-19-24(36)14-15-26(25)37)21-41(28)20-22-12-10-9-11-13-22/h9-15,18-19,21,27,29-30H,8,16-17,20H2,1-7H3,(H,40,45)/t27?,29-/m0/s1. The maximum Gasteiger partial charge on any atom is 0.408 e. The lowest BCUT2D eigenvalue weighted by atomic mass is 9.82. The first-order valence-corrected chi connectivity index (χ1v) is 15.4. The summed E-state index contributed by atoms with van der Waals surface area (Å²) in [7, 11) is 0. The summed E-state index contributed by atoms with van der Waals surface area (Å²) in [6.45, 7) is 11.4. The molecular weight excluding hydrogens is 618 g/mol.